The molecule has 20 heavy (non-hydrogen) atoms. The highest BCUT2D eigenvalue weighted by Crippen LogP contribution is 2.38. The molecule has 0 atom stereocenters. The molecule has 0 bridgehead atoms. The first-order valence-corrected chi connectivity index (χ1v) is 6.74. The Kier molecular flexibility index (Phi) is 3.99. The summed E-state index contributed by atoms with van der Waals surface area (Å²) < 4.78 is 0.381. The average molecular weight is 336 g/mol. The number of aromatic hydroxyl groups is 3. The minimum Gasteiger partial charge on any atom is -0.508 e. The molecule has 4 nitrogen and oxygen atoms in total. The van der Waals surface area contributed by atoms with E-state index in [-0.39, 0.29) is 22.9 Å². The fraction of sp³-hybridized carbons (Fsp3) is 0.133. The Morgan fingerprint density at radius 2 is 1.75 bits per heavy atom. The van der Waals surface area contributed by atoms with Crippen molar-refractivity contribution in [2.24, 2.45) is 4.99 Å². The second kappa shape index (κ2) is 5.54. The van der Waals surface area contributed by atoms with Gasteiger partial charge in [-0.3, -0.25) is 0 Å². The van der Waals surface area contributed by atoms with Crippen molar-refractivity contribution < 1.29 is 15.3 Å². The number of benzene rings is 2. The van der Waals surface area contributed by atoms with Crippen LogP contribution in [0.25, 0.3) is 0 Å². The second-order valence-electron chi connectivity index (χ2n) is 4.49. The van der Waals surface area contributed by atoms with Gasteiger partial charge in [-0.2, -0.15) is 0 Å². The van der Waals surface area contributed by atoms with E-state index >= 15 is 0 Å². The zero-order valence-electron chi connectivity index (χ0n) is 11.1. The molecule has 0 aliphatic carbocycles. The number of nitrogens with zero attached hydrogens (tertiary/aromatic N) is 1. The largest absolute Gasteiger partial charge is 0.508 e. The number of phenols is 3. The summed E-state index contributed by atoms with van der Waals surface area (Å²) >= 11 is 3.15. The standard InChI is InChI=1S/C15H14BrNO3/c1-8-5-10(18)3-4-12(8)9(2)17-14-7-11(19)6-13(16)15(14)20/h3-7,18-20H,1-2H3/b17-9+. The summed E-state index contributed by atoms with van der Waals surface area (Å²) in [6.45, 7) is 3.67. The number of rotatable bonds is 2. The first-order valence-electron chi connectivity index (χ1n) is 5.95. The van der Waals surface area contributed by atoms with Crippen molar-refractivity contribution >= 4 is 27.3 Å². The molecule has 3 N–H and O–H groups in total. The lowest BCUT2D eigenvalue weighted by atomic mass is 10.0. The van der Waals surface area contributed by atoms with Gasteiger partial charge in [-0.05, 0) is 65.2 Å². The molecular weight excluding hydrogens is 322 g/mol. The molecule has 0 saturated carbocycles. The van der Waals surface area contributed by atoms with Crippen LogP contribution in [-0.2, 0) is 0 Å². The van der Waals surface area contributed by atoms with E-state index in [4.69, 9.17) is 0 Å². The Labute approximate surface area is 125 Å². The molecule has 2 aromatic carbocycles. The van der Waals surface area contributed by atoms with Gasteiger partial charge in [-0.15, -0.1) is 0 Å². The number of hydrogen-bond acceptors (Lipinski definition) is 4. The maximum atomic E-state index is 9.93. The van der Waals surface area contributed by atoms with Gasteiger partial charge in [0, 0.05) is 11.8 Å². The zero-order chi connectivity index (χ0) is 14.9. The fourth-order valence-electron chi connectivity index (χ4n) is 1.95. The van der Waals surface area contributed by atoms with Crippen molar-refractivity contribution in [1.82, 2.24) is 0 Å². The Bertz CT molecular complexity index is 696. The molecule has 0 unspecified atom stereocenters. The molecule has 0 spiro atoms. The summed E-state index contributed by atoms with van der Waals surface area (Å²) in [5.41, 5.74) is 2.70. The normalized spacial score (nSPS) is 11.7. The van der Waals surface area contributed by atoms with E-state index < -0.39 is 0 Å². The van der Waals surface area contributed by atoms with Crippen LogP contribution in [0.1, 0.15) is 18.1 Å². The third-order valence-electron chi connectivity index (χ3n) is 2.92. The van der Waals surface area contributed by atoms with Crippen molar-refractivity contribution in [2.75, 3.05) is 0 Å². The monoisotopic (exact) mass is 335 g/mol. The van der Waals surface area contributed by atoms with Crippen LogP contribution in [0.5, 0.6) is 17.2 Å². The van der Waals surface area contributed by atoms with Crippen LogP contribution in [0, 0.1) is 6.92 Å². The number of halogens is 1. The molecule has 0 aliphatic rings. The summed E-state index contributed by atoms with van der Waals surface area (Å²) in [4.78, 5) is 4.34. The van der Waals surface area contributed by atoms with E-state index in [9.17, 15) is 15.3 Å². The Balaban J connectivity index is 2.50. The highest BCUT2D eigenvalue weighted by Gasteiger charge is 2.09. The van der Waals surface area contributed by atoms with Gasteiger partial charge in [-0.1, -0.05) is 0 Å². The third kappa shape index (κ3) is 2.93. The van der Waals surface area contributed by atoms with Gasteiger partial charge < -0.3 is 15.3 Å². The van der Waals surface area contributed by atoms with Crippen LogP contribution in [0.4, 0.5) is 5.69 Å². The van der Waals surface area contributed by atoms with Crippen molar-refractivity contribution in [3.05, 3.63) is 45.9 Å². The van der Waals surface area contributed by atoms with Gasteiger partial charge in [-0.25, -0.2) is 4.99 Å². The molecule has 0 heterocycles. The molecule has 0 amide bonds. The van der Waals surface area contributed by atoms with E-state index in [1.54, 1.807) is 25.1 Å². The summed E-state index contributed by atoms with van der Waals surface area (Å²) in [5, 5.41) is 28.9. The van der Waals surface area contributed by atoms with Crippen LogP contribution in [-0.4, -0.2) is 21.0 Å². The maximum Gasteiger partial charge on any atom is 0.155 e. The number of phenolic OH excluding ortho intramolecular Hbond substituents is 3. The van der Waals surface area contributed by atoms with Crippen LogP contribution in [0.2, 0.25) is 0 Å². The molecule has 2 aromatic rings. The summed E-state index contributed by atoms with van der Waals surface area (Å²) in [6, 6.07) is 7.78. The van der Waals surface area contributed by atoms with Crippen LogP contribution >= 0.6 is 15.9 Å². The minimum atomic E-state index is -0.0291. The van der Waals surface area contributed by atoms with E-state index in [0.29, 0.717) is 10.2 Å². The minimum absolute atomic E-state index is 0.0173. The predicted molar refractivity (Wildman–Crippen MR) is 82.2 cm³/mol. The molecule has 0 aromatic heterocycles. The van der Waals surface area contributed by atoms with Gasteiger partial charge in [0.25, 0.3) is 0 Å². The zero-order valence-corrected chi connectivity index (χ0v) is 12.6. The van der Waals surface area contributed by atoms with Crippen molar-refractivity contribution in [2.45, 2.75) is 13.8 Å². The van der Waals surface area contributed by atoms with Crippen molar-refractivity contribution in [1.29, 1.82) is 0 Å². The van der Waals surface area contributed by atoms with Crippen molar-refractivity contribution in [3.8, 4) is 17.2 Å². The van der Waals surface area contributed by atoms with E-state index in [2.05, 4.69) is 20.9 Å². The first-order chi connectivity index (χ1) is 9.38. The molecule has 0 radical (unpaired) electrons. The van der Waals surface area contributed by atoms with Gasteiger partial charge in [0.05, 0.1) is 4.47 Å². The molecule has 0 saturated heterocycles. The van der Waals surface area contributed by atoms with Crippen LogP contribution < -0.4 is 0 Å². The smallest absolute Gasteiger partial charge is 0.155 e. The van der Waals surface area contributed by atoms with Gasteiger partial charge >= 0.3 is 0 Å². The molecule has 5 heteroatoms. The number of aryl methyl sites for hydroxylation is 1. The quantitative estimate of drug-likeness (QED) is 0.573. The van der Waals surface area contributed by atoms with Crippen LogP contribution in [0.15, 0.2) is 39.8 Å². The van der Waals surface area contributed by atoms with E-state index in [0.717, 1.165) is 11.1 Å². The fourth-order valence-corrected chi connectivity index (χ4v) is 2.39. The molecular formula is C15H14BrNO3. The highest BCUT2D eigenvalue weighted by atomic mass is 79.9. The molecule has 104 valence electrons. The van der Waals surface area contributed by atoms with E-state index in [1.807, 2.05) is 6.92 Å². The second-order valence-corrected chi connectivity index (χ2v) is 5.35. The van der Waals surface area contributed by atoms with Gasteiger partial charge in [0.15, 0.2) is 5.75 Å². The topological polar surface area (TPSA) is 73.1 Å². The third-order valence-corrected chi connectivity index (χ3v) is 3.52. The summed E-state index contributed by atoms with van der Waals surface area (Å²) in [7, 11) is 0. The molecule has 0 aliphatic heterocycles. The lowest BCUT2D eigenvalue weighted by molar-refractivity contribution is 0.459. The summed E-state index contributed by atoms with van der Waals surface area (Å²) in [5.74, 6) is 0.184. The van der Waals surface area contributed by atoms with E-state index in [1.165, 1.54) is 12.1 Å². The SMILES string of the molecule is C/C(=N\c1cc(O)cc(Br)c1O)c1ccc(O)cc1C. The lowest BCUT2D eigenvalue weighted by Crippen LogP contribution is -1.97. The molecule has 0 fully saturated rings. The van der Waals surface area contributed by atoms with Gasteiger partial charge in [0.1, 0.15) is 17.2 Å². The maximum absolute atomic E-state index is 9.93. The summed E-state index contributed by atoms with van der Waals surface area (Å²) in [6.07, 6.45) is 0. The Morgan fingerprint density at radius 3 is 2.40 bits per heavy atom. The first kappa shape index (κ1) is 14.4. The number of hydrogen-bond donors (Lipinski definition) is 3. The van der Waals surface area contributed by atoms with Crippen LogP contribution in [0.3, 0.4) is 0 Å². The van der Waals surface area contributed by atoms with Crippen molar-refractivity contribution in [3.63, 3.8) is 0 Å². The lowest BCUT2D eigenvalue weighted by Gasteiger charge is -2.08. The van der Waals surface area contributed by atoms with Gasteiger partial charge in [0.2, 0.25) is 0 Å². The molecule has 2 rings (SSSR count). The highest BCUT2D eigenvalue weighted by molar-refractivity contribution is 9.10. The Hall–Kier alpha value is -2.01. The average Bonchev–Trinajstić information content (AvgIpc) is 2.35. The number of aliphatic imine (C=N–C) groups is 1. The Morgan fingerprint density at radius 1 is 1.05 bits per heavy atom. The predicted octanol–water partition coefficient (Wildman–Crippen LogP) is 4.02.